The van der Waals surface area contributed by atoms with Gasteiger partial charge in [-0.25, -0.2) is 0 Å². The summed E-state index contributed by atoms with van der Waals surface area (Å²) in [4.78, 5) is 37.5. The smallest absolute Gasteiger partial charge is 0.309 e. The topological polar surface area (TPSA) is 116 Å². The van der Waals surface area contributed by atoms with Gasteiger partial charge < -0.3 is 23.7 Å². The number of esters is 2. The lowest BCUT2D eigenvalue weighted by Gasteiger charge is -2.54. The third-order valence-electron chi connectivity index (χ3n) is 6.24. The van der Waals surface area contributed by atoms with E-state index in [0.29, 0.717) is 11.1 Å². The fourth-order valence-corrected chi connectivity index (χ4v) is 4.64. The number of ether oxygens (including phenoxy) is 3. The van der Waals surface area contributed by atoms with Crippen molar-refractivity contribution < 1.29 is 38.1 Å². The van der Waals surface area contributed by atoms with Crippen LogP contribution in [0.4, 0.5) is 0 Å². The van der Waals surface area contributed by atoms with E-state index in [1.165, 1.54) is 13.2 Å². The highest BCUT2D eigenvalue weighted by molar-refractivity contribution is 6.05. The molecule has 1 aromatic heterocycles. The van der Waals surface area contributed by atoms with E-state index in [2.05, 4.69) is 0 Å². The number of rotatable bonds is 3. The summed E-state index contributed by atoms with van der Waals surface area (Å²) < 4.78 is 22.2. The first-order valence-corrected chi connectivity index (χ1v) is 9.40. The Balaban J connectivity index is 1.90. The number of aliphatic hydroxyl groups is 1. The van der Waals surface area contributed by atoms with Gasteiger partial charge in [0.25, 0.3) is 0 Å². The summed E-state index contributed by atoms with van der Waals surface area (Å²) in [7, 11) is 0. The van der Waals surface area contributed by atoms with E-state index in [1.807, 2.05) is 0 Å². The summed E-state index contributed by atoms with van der Waals surface area (Å²) in [6.07, 6.45) is -1.35. The van der Waals surface area contributed by atoms with Crippen molar-refractivity contribution in [2.45, 2.75) is 71.1 Å². The molecule has 2 heterocycles. The summed E-state index contributed by atoms with van der Waals surface area (Å²) in [5.41, 5.74) is -2.30. The van der Waals surface area contributed by atoms with Gasteiger partial charge in [-0.2, -0.15) is 0 Å². The number of fused-ring (bicyclic) bond motifs is 3. The average Bonchev–Trinajstić information content (AvgIpc) is 3.26. The van der Waals surface area contributed by atoms with Crippen LogP contribution in [0.1, 0.15) is 61.9 Å². The van der Waals surface area contributed by atoms with E-state index < -0.39 is 53.0 Å². The molecule has 0 aromatic carbocycles. The molecule has 2 aliphatic carbocycles. The molecule has 0 bridgehead atoms. The Labute approximate surface area is 162 Å². The van der Waals surface area contributed by atoms with Gasteiger partial charge in [0.2, 0.25) is 5.78 Å². The van der Waals surface area contributed by atoms with Crippen molar-refractivity contribution in [1.29, 1.82) is 0 Å². The number of hydrogen-bond donors (Lipinski definition) is 1. The van der Waals surface area contributed by atoms with Gasteiger partial charge in [-0.1, -0.05) is 20.8 Å². The summed E-state index contributed by atoms with van der Waals surface area (Å²) in [5, 5.41) is 11.7. The maximum atomic E-state index is 13.4. The second kappa shape index (κ2) is 5.90. The number of ketones is 1. The van der Waals surface area contributed by atoms with Gasteiger partial charge in [-0.05, 0) is 18.9 Å². The van der Waals surface area contributed by atoms with E-state index in [-0.39, 0.29) is 18.3 Å². The van der Waals surface area contributed by atoms with Crippen LogP contribution >= 0.6 is 0 Å². The molecule has 4 rings (SSSR count). The Kier molecular flexibility index (Phi) is 4.04. The van der Waals surface area contributed by atoms with Crippen molar-refractivity contribution in [2.75, 3.05) is 0 Å². The second-order valence-electron chi connectivity index (χ2n) is 8.52. The monoisotopic (exact) mass is 392 g/mol. The van der Waals surface area contributed by atoms with E-state index in [4.69, 9.17) is 18.6 Å². The van der Waals surface area contributed by atoms with Gasteiger partial charge >= 0.3 is 11.9 Å². The van der Waals surface area contributed by atoms with Crippen LogP contribution in [-0.4, -0.2) is 46.7 Å². The molecule has 1 aromatic rings. The minimum Gasteiger partial charge on any atom is -0.460 e. The van der Waals surface area contributed by atoms with Crippen molar-refractivity contribution in [3.05, 3.63) is 23.2 Å². The Morgan fingerprint density at radius 2 is 2.00 bits per heavy atom. The Bertz CT molecular complexity index is 870. The zero-order chi connectivity index (χ0) is 20.6. The lowest BCUT2D eigenvalue weighted by molar-refractivity contribution is -0.212. The fourth-order valence-electron chi connectivity index (χ4n) is 4.64. The van der Waals surface area contributed by atoms with Gasteiger partial charge in [0.1, 0.15) is 12.2 Å². The molecule has 1 aliphatic heterocycles. The predicted molar refractivity (Wildman–Crippen MR) is 93.3 cm³/mol. The van der Waals surface area contributed by atoms with E-state index in [0.717, 1.165) is 0 Å². The molecule has 6 unspecified atom stereocenters. The third kappa shape index (κ3) is 2.34. The zero-order valence-corrected chi connectivity index (χ0v) is 16.5. The van der Waals surface area contributed by atoms with E-state index >= 15 is 0 Å². The van der Waals surface area contributed by atoms with Gasteiger partial charge in [0.05, 0.1) is 23.7 Å². The van der Waals surface area contributed by atoms with Crippen molar-refractivity contribution in [3.63, 3.8) is 0 Å². The summed E-state index contributed by atoms with van der Waals surface area (Å²) in [6, 6.07) is 0. The summed E-state index contributed by atoms with van der Waals surface area (Å²) >= 11 is 0. The Morgan fingerprint density at radius 3 is 2.61 bits per heavy atom. The molecule has 8 nitrogen and oxygen atoms in total. The maximum absolute atomic E-state index is 13.4. The van der Waals surface area contributed by atoms with Crippen LogP contribution in [0, 0.1) is 18.3 Å². The van der Waals surface area contributed by atoms with Crippen LogP contribution in [0.5, 0.6) is 0 Å². The number of aryl methyl sites for hydroxylation is 1. The van der Waals surface area contributed by atoms with Crippen LogP contribution in [0.25, 0.3) is 0 Å². The number of Topliss-reactive ketones (excluding diaryl/α,β-unsaturated/α-hetero) is 1. The number of furan rings is 1. The molecule has 0 spiro atoms. The highest BCUT2D eigenvalue weighted by Gasteiger charge is 2.77. The first-order valence-electron chi connectivity index (χ1n) is 9.40. The highest BCUT2D eigenvalue weighted by atomic mass is 16.6. The molecule has 3 aliphatic rings. The largest absolute Gasteiger partial charge is 0.460 e. The molecule has 28 heavy (non-hydrogen) atoms. The molecule has 1 saturated carbocycles. The van der Waals surface area contributed by atoms with Crippen molar-refractivity contribution >= 4 is 17.7 Å². The molecule has 2 fully saturated rings. The molecule has 1 saturated heterocycles. The first-order chi connectivity index (χ1) is 13.0. The minimum atomic E-state index is -2.14. The summed E-state index contributed by atoms with van der Waals surface area (Å²) in [6.45, 7) is 8.04. The van der Waals surface area contributed by atoms with E-state index in [9.17, 15) is 19.5 Å². The highest BCUT2D eigenvalue weighted by Crippen LogP contribution is 2.63. The van der Waals surface area contributed by atoms with E-state index in [1.54, 1.807) is 27.7 Å². The normalized spacial score (nSPS) is 38.3. The fraction of sp³-hybridized carbons (Fsp3) is 0.650. The van der Waals surface area contributed by atoms with Crippen molar-refractivity contribution in [3.8, 4) is 0 Å². The minimum absolute atomic E-state index is 0.0738. The Morgan fingerprint density at radius 1 is 1.32 bits per heavy atom. The average molecular weight is 392 g/mol. The number of carbonyl (C=O) groups excluding carboxylic acids is 3. The molecule has 6 atom stereocenters. The number of carbonyl (C=O) groups is 3. The zero-order valence-electron chi connectivity index (χ0n) is 16.5. The van der Waals surface area contributed by atoms with Crippen LogP contribution in [0.3, 0.4) is 0 Å². The van der Waals surface area contributed by atoms with Gasteiger partial charge in [0.15, 0.2) is 17.5 Å². The lowest BCUT2D eigenvalue weighted by Crippen LogP contribution is -2.70. The van der Waals surface area contributed by atoms with Crippen LogP contribution < -0.4 is 0 Å². The number of hydrogen-bond acceptors (Lipinski definition) is 8. The number of epoxide rings is 1. The van der Waals surface area contributed by atoms with Crippen LogP contribution in [-0.2, 0) is 23.8 Å². The van der Waals surface area contributed by atoms with Crippen molar-refractivity contribution in [2.24, 2.45) is 11.3 Å². The van der Waals surface area contributed by atoms with Gasteiger partial charge in [-0.15, -0.1) is 0 Å². The molecule has 0 radical (unpaired) electrons. The van der Waals surface area contributed by atoms with Crippen LogP contribution in [0.15, 0.2) is 10.7 Å². The molecular weight excluding hydrogens is 368 g/mol. The SMILES string of the molecule is CC(=O)OC1C2OC2CC2(C)C(OC(=O)C(C)C)c3c(C)coc3C(=O)C12O. The predicted octanol–water partition coefficient (Wildman–Crippen LogP) is 1.86. The first kappa shape index (κ1) is 19.1. The molecule has 8 heteroatoms. The lowest BCUT2D eigenvalue weighted by atomic mass is 9.54. The molecule has 0 amide bonds. The molecule has 152 valence electrons. The summed E-state index contributed by atoms with van der Waals surface area (Å²) in [5.74, 6) is -2.26. The van der Waals surface area contributed by atoms with Gasteiger partial charge in [0, 0.05) is 12.5 Å². The maximum Gasteiger partial charge on any atom is 0.309 e. The standard InChI is InChI=1S/C20H24O8/c1-8(2)18(23)28-16-12-9(3)7-25-14(12)15(22)20(24)17(26-10(4)21)13-11(27-13)6-19(16,20)5/h7-8,11,13,16-17,24H,6H2,1-5H3. The Hall–Kier alpha value is -2.19. The molecule has 1 N–H and O–H groups in total. The van der Waals surface area contributed by atoms with Crippen LogP contribution in [0.2, 0.25) is 0 Å². The molecular formula is C20H24O8. The van der Waals surface area contributed by atoms with Gasteiger partial charge in [-0.3, -0.25) is 14.4 Å². The third-order valence-corrected chi connectivity index (χ3v) is 6.24. The second-order valence-corrected chi connectivity index (χ2v) is 8.52. The van der Waals surface area contributed by atoms with Crippen molar-refractivity contribution in [1.82, 2.24) is 0 Å². The quantitative estimate of drug-likeness (QED) is 0.612.